The van der Waals surface area contributed by atoms with Crippen molar-refractivity contribution >= 4 is 0 Å². The fourth-order valence-corrected chi connectivity index (χ4v) is 1.12. The van der Waals surface area contributed by atoms with Crippen molar-refractivity contribution in [2.75, 3.05) is 0 Å². The summed E-state index contributed by atoms with van der Waals surface area (Å²) >= 11 is 0. The molecule has 0 aliphatic carbocycles. The van der Waals surface area contributed by atoms with Crippen molar-refractivity contribution in [1.29, 1.82) is 5.26 Å². The van der Waals surface area contributed by atoms with E-state index in [0.29, 0.717) is 6.42 Å². The van der Waals surface area contributed by atoms with Gasteiger partial charge in [0.05, 0.1) is 12.5 Å². The molecular weight excluding hydrogens is 182 g/mol. The Morgan fingerprint density at radius 2 is 1.60 bits per heavy atom. The van der Waals surface area contributed by atoms with E-state index in [1.807, 2.05) is 6.08 Å². The molecule has 0 saturated heterocycles. The SMILES string of the molecule is CCC/C=C/C=C/CCC/C=C/CC#N. The summed E-state index contributed by atoms with van der Waals surface area (Å²) in [5.41, 5.74) is 0. The molecule has 0 heterocycles. The van der Waals surface area contributed by atoms with Crippen molar-refractivity contribution in [3.05, 3.63) is 36.5 Å². The van der Waals surface area contributed by atoms with Crippen LogP contribution in [0.1, 0.15) is 45.4 Å². The molecule has 0 fully saturated rings. The molecular formula is C14H21N. The first-order valence-corrected chi connectivity index (χ1v) is 5.75. The Balaban J connectivity index is 3.27. The Labute approximate surface area is 93.8 Å². The lowest BCUT2D eigenvalue weighted by Gasteiger charge is -1.88. The van der Waals surface area contributed by atoms with Crippen LogP contribution in [-0.4, -0.2) is 0 Å². The van der Waals surface area contributed by atoms with Crippen molar-refractivity contribution in [2.24, 2.45) is 0 Å². The second-order valence-corrected chi connectivity index (χ2v) is 3.41. The summed E-state index contributed by atoms with van der Waals surface area (Å²) in [7, 11) is 0. The van der Waals surface area contributed by atoms with Crippen LogP contribution in [0.25, 0.3) is 0 Å². The van der Waals surface area contributed by atoms with Crippen molar-refractivity contribution in [1.82, 2.24) is 0 Å². The lowest BCUT2D eigenvalue weighted by atomic mass is 10.2. The van der Waals surface area contributed by atoms with E-state index in [1.54, 1.807) is 0 Å². The fraction of sp³-hybridized carbons (Fsp3) is 0.500. The molecule has 0 aromatic carbocycles. The Morgan fingerprint density at radius 3 is 2.27 bits per heavy atom. The van der Waals surface area contributed by atoms with Gasteiger partial charge in [0.2, 0.25) is 0 Å². The van der Waals surface area contributed by atoms with E-state index in [0.717, 1.165) is 12.8 Å². The minimum absolute atomic E-state index is 0.537. The Morgan fingerprint density at radius 1 is 0.933 bits per heavy atom. The summed E-state index contributed by atoms with van der Waals surface area (Å²) in [6.07, 6.45) is 18.9. The highest BCUT2D eigenvalue weighted by Gasteiger charge is 1.79. The minimum atomic E-state index is 0.537. The number of hydrogen-bond donors (Lipinski definition) is 0. The minimum Gasteiger partial charge on any atom is -0.198 e. The Bertz CT molecular complexity index is 241. The topological polar surface area (TPSA) is 23.8 Å². The zero-order valence-electron chi connectivity index (χ0n) is 9.65. The highest BCUT2D eigenvalue weighted by Crippen LogP contribution is 1.99. The maximum absolute atomic E-state index is 8.29. The molecule has 1 nitrogen and oxygen atoms in total. The zero-order chi connectivity index (χ0) is 11.2. The van der Waals surface area contributed by atoms with E-state index in [-0.39, 0.29) is 0 Å². The Kier molecular flexibility index (Phi) is 11.6. The van der Waals surface area contributed by atoms with Crippen molar-refractivity contribution in [3.8, 4) is 6.07 Å². The quantitative estimate of drug-likeness (QED) is 0.323. The molecule has 1 heteroatoms. The molecule has 82 valence electrons. The van der Waals surface area contributed by atoms with Gasteiger partial charge < -0.3 is 0 Å². The van der Waals surface area contributed by atoms with Gasteiger partial charge in [-0.25, -0.2) is 0 Å². The van der Waals surface area contributed by atoms with Crippen LogP contribution in [0.3, 0.4) is 0 Å². The standard InChI is InChI=1S/C14H21N/c1-2-3-4-5-6-7-8-9-10-11-12-13-14-15/h4-7,11-12H,2-3,8-10,13H2,1H3/b5-4+,7-6+,12-11+. The number of hydrogen-bond acceptors (Lipinski definition) is 1. The number of allylic oxidation sites excluding steroid dienone is 6. The molecule has 0 spiro atoms. The third-order valence-corrected chi connectivity index (χ3v) is 1.96. The van der Waals surface area contributed by atoms with Crippen LogP contribution in [0.4, 0.5) is 0 Å². The van der Waals surface area contributed by atoms with Gasteiger partial charge in [-0.1, -0.05) is 49.8 Å². The van der Waals surface area contributed by atoms with Crippen LogP contribution in [-0.2, 0) is 0 Å². The monoisotopic (exact) mass is 203 g/mol. The number of unbranched alkanes of at least 4 members (excludes halogenated alkanes) is 3. The van der Waals surface area contributed by atoms with Gasteiger partial charge in [-0.05, 0) is 25.7 Å². The van der Waals surface area contributed by atoms with Gasteiger partial charge in [0.25, 0.3) is 0 Å². The second-order valence-electron chi connectivity index (χ2n) is 3.41. The number of rotatable bonds is 8. The zero-order valence-corrected chi connectivity index (χ0v) is 9.65. The second kappa shape index (κ2) is 12.7. The molecule has 0 radical (unpaired) electrons. The molecule has 0 aliphatic rings. The predicted molar refractivity (Wildman–Crippen MR) is 66.4 cm³/mol. The lowest BCUT2D eigenvalue weighted by molar-refractivity contribution is 0.866. The average molecular weight is 203 g/mol. The summed E-state index contributed by atoms with van der Waals surface area (Å²) < 4.78 is 0. The van der Waals surface area contributed by atoms with E-state index in [2.05, 4.69) is 43.4 Å². The fourth-order valence-electron chi connectivity index (χ4n) is 1.12. The molecule has 0 unspecified atom stereocenters. The van der Waals surface area contributed by atoms with Crippen LogP contribution >= 0.6 is 0 Å². The molecule has 0 bridgehead atoms. The smallest absolute Gasteiger partial charge is 0.0663 e. The van der Waals surface area contributed by atoms with E-state index in [1.165, 1.54) is 19.3 Å². The van der Waals surface area contributed by atoms with Crippen molar-refractivity contribution in [3.63, 3.8) is 0 Å². The van der Waals surface area contributed by atoms with Gasteiger partial charge in [-0.3, -0.25) is 0 Å². The van der Waals surface area contributed by atoms with Crippen LogP contribution in [0.2, 0.25) is 0 Å². The first kappa shape index (κ1) is 13.7. The predicted octanol–water partition coefficient (Wildman–Crippen LogP) is 4.54. The molecule has 0 rings (SSSR count). The first-order valence-electron chi connectivity index (χ1n) is 5.75. The van der Waals surface area contributed by atoms with E-state index in [4.69, 9.17) is 5.26 Å². The van der Waals surface area contributed by atoms with Crippen molar-refractivity contribution < 1.29 is 0 Å². The molecule has 0 atom stereocenters. The molecule has 0 aromatic heterocycles. The van der Waals surface area contributed by atoms with Gasteiger partial charge in [-0.15, -0.1) is 0 Å². The average Bonchev–Trinajstić information content (AvgIpc) is 2.26. The Hall–Kier alpha value is -1.29. The third-order valence-electron chi connectivity index (χ3n) is 1.96. The number of nitriles is 1. The maximum atomic E-state index is 8.29. The molecule has 0 aliphatic heterocycles. The highest BCUT2D eigenvalue weighted by molar-refractivity contribution is 5.02. The van der Waals surface area contributed by atoms with Gasteiger partial charge >= 0.3 is 0 Å². The van der Waals surface area contributed by atoms with E-state index < -0.39 is 0 Å². The summed E-state index contributed by atoms with van der Waals surface area (Å²) in [4.78, 5) is 0. The van der Waals surface area contributed by atoms with Crippen LogP contribution in [0, 0.1) is 11.3 Å². The normalized spacial score (nSPS) is 11.7. The van der Waals surface area contributed by atoms with Crippen molar-refractivity contribution in [2.45, 2.75) is 45.4 Å². The largest absolute Gasteiger partial charge is 0.198 e. The maximum Gasteiger partial charge on any atom is 0.0663 e. The lowest BCUT2D eigenvalue weighted by Crippen LogP contribution is -1.69. The van der Waals surface area contributed by atoms with E-state index >= 15 is 0 Å². The van der Waals surface area contributed by atoms with Gasteiger partial charge in [0.1, 0.15) is 0 Å². The molecule has 0 amide bonds. The van der Waals surface area contributed by atoms with Gasteiger partial charge in [-0.2, -0.15) is 5.26 Å². The molecule has 0 N–H and O–H groups in total. The molecule has 15 heavy (non-hydrogen) atoms. The van der Waals surface area contributed by atoms with Gasteiger partial charge in [0, 0.05) is 0 Å². The van der Waals surface area contributed by atoms with Crippen LogP contribution < -0.4 is 0 Å². The van der Waals surface area contributed by atoms with Crippen LogP contribution in [0.5, 0.6) is 0 Å². The molecule has 0 aromatic rings. The summed E-state index contributed by atoms with van der Waals surface area (Å²) in [6.45, 7) is 2.18. The first-order chi connectivity index (χ1) is 7.41. The molecule has 0 saturated carbocycles. The summed E-state index contributed by atoms with van der Waals surface area (Å²) in [6, 6.07) is 2.09. The number of nitrogens with zero attached hydrogens (tertiary/aromatic N) is 1. The van der Waals surface area contributed by atoms with Crippen LogP contribution in [0.15, 0.2) is 36.5 Å². The summed E-state index contributed by atoms with van der Waals surface area (Å²) in [5.74, 6) is 0. The third kappa shape index (κ3) is 12.7. The summed E-state index contributed by atoms with van der Waals surface area (Å²) in [5, 5.41) is 8.29. The van der Waals surface area contributed by atoms with Gasteiger partial charge in [0.15, 0.2) is 0 Å². The van der Waals surface area contributed by atoms with E-state index in [9.17, 15) is 0 Å². The highest BCUT2D eigenvalue weighted by atomic mass is 14.2.